The fraction of sp³-hybridized carbons (Fsp3) is 0.250. The normalized spacial score (nSPS) is 12.9. The summed E-state index contributed by atoms with van der Waals surface area (Å²) in [5.41, 5.74) is 4.83. The summed E-state index contributed by atoms with van der Waals surface area (Å²) in [6, 6.07) is 19.9. The van der Waals surface area contributed by atoms with Crippen LogP contribution in [0.2, 0.25) is 0 Å². The van der Waals surface area contributed by atoms with Crippen LogP contribution in [0.4, 0.5) is 11.4 Å². The van der Waals surface area contributed by atoms with E-state index in [4.69, 9.17) is 4.74 Å². The van der Waals surface area contributed by atoms with Gasteiger partial charge in [-0.1, -0.05) is 30.3 Å². The van der Waals surface area contributed by atoms with Crippen LogP contribution in [0.15, 0.2) is 66.9 Å². The molecule has 4 rings (SSSR count). The van der Waals surface area contributed by atoms with Crippen LogP contribution in [0, 0.1) is 0 Å². The van der Waals surface area contributed by atoms with Crippen LogP contribution < -0.4 is 15.0 Å². The van der Waals surface area contributed by atoms with Gasteiger partial charge in [-0.3, -0.25) is 9.78 Å². The van der Waals surface area contributed by atoms with E-state index in [1.165, 1.54) is 11.1 Å². The summed E-state index contributed by atoms with van der Waals surface area (Å²) >= 11 is 0. The summed E-state index contributed by atoms with van der Waals surface area (Å²) in [7, 11) is 1.67. The maximum absolute atomic E-state index is 13.1. The largest absolute Gasteiger partial charge is 0.497 e. The monoisotopic (exact) mass is 387 g/mol. The molecule has 5 nitrogen and oxygen atoms in total. The number of nitrogens with zero attached hydrogens (tertiary/aromatic N) is 2. The first-order chi connectivity index (χ1) is 14.2. The summed E-state index contributed by atoms with van der Waals surface area (Å²) in [5.74, 6) is 0.814. The fourth-order valence-electron chi connectivity index (χ4n) is 3.68. The number of fused-ring (bicyclic) bond motifs is 1. The van der Waals surface area contributed by atoms with Crippen LogP contribution in [0.5, 0.6) is 5.75 Å². The maximum atomic E-state index is 13.1. The van der Waals surface area contributed by atoms with Crippen molar-refractivity contribution in [1.82, 2.24) is 4.98 Å². The molecule has 0 saturated carbocycles. The third-order valence-electron chi connectivity index (χ3n) is 5.24. The van der Waals surface area contributed by atoms with E-state index in [0.717, 1.165) is 49.5 Å². The second-order valence-corrected chi connectivity index (χ2v) is 7.14. The molecule has 0 unspecified atom stereocenters. The highest BCUT2D eigenvalue weighted by Crippen LogP contribution is 2.28. The number of ether oxygens (including phenoxy) is 1. The lowest BCUT2D eigenvalue weighted by Gasteiger charge is -2.29. The molecule has 1 aromatic heterocycles. The van der Waals surface area contributed by atoms with Gasteiger partial charge in [-0.15, -0.1) is 0 Å². The Hall–Kier alpha value is -3.34. The molecule has 0 saturated heterocycles. The standard InChI is InChI=1S/C24H25N3O2/c1-29-21-10-8-18(9-11-21)12-14-25-20-13-15-26-22(17-20)24(28)27-16-4-6-19-5-2-3-7-23(19)27/h2-3,5,7-11,13,15,17H,4,6,12,14,16H2,1H3,(H,25,26). The van der Waals surface area contributed by atoms with Crippen molar-refractivity contribution in [3.8, 4) is 5.75 Å². The first-order valence-electron chi connectivity index (χ1n) is 9.97. The summed E-state index contributed by atoms with van der Waals surface area (Å²) in [6.07, 6.45) is 4.57. The fourth-order valence-corrected chi connectivity index (χ4v) is 3.68. The van der Waals surface area contributed by atoms with Gasteiger partial charge in [-0.05, 0) is 60.7 Å². The molecule has 1 aliphatic heterocycles. The molecular formula is C24H25N3O2. The zero-order valence-corrected chi connectivity index (χ0v) is 16.6. The van der Waals surface area contributed by atoms with Gasteiger partial charge in [-0.25, -0.2) is 0 Å². The van der Waals surface area contributed by atoms with Crippen molar-refractivity contribution in [2.75, 3.05) is 30.4 Å². The van der Waals surface area contributed by atoms with Gasteiger partial charge >= 0.3 is 0 Å². The van der Waals surface area contributed by atoms with E-state index in [9.17, 15) is 4.79 Å². The molecule has 29 heavy (non-hydrogen) atoms. The summed E-state index contributed by atoms with van der Waals surface area (Å²) in [6.45, 7) is 1.50. The third-order valence-corrected chi connectivity index (χ3v) is 5.24. The van der Waals surface area contributed by atoms with Gasteiger partial charge in [0.15, 0.2) is 0 Å². The quantitative estimate of drug-likeness (QED) is 0.684. The van der Waals surface area contributed by atoms with Crippen LogP contribution in [0.3, 0.4) is 0 Å². The molecule has 1 N–H and O–H groups in total. The molecule has 5 heteroatoms. The number of anilines is 2. The molecule has 148 valence electrons. The molecule has 1 amide bonds. The number of carbonyl (C=O) groups excluding carboxylic acids is 1. The van der Waals surface area contributed by atoms with Crippen molar-refractivity contribution in [3.63, 3.8) is 0 Å². The van der Waals surface area contributed by atoms with Gasteiger partial charge in [0, 0.05) is 30.7 Å². The Morgan fingerprint density at radius 2 is 1.97 bits per heavy atom. The highest BCUT2D eigenvalue weighted by Gasteiger charge is 2.24. The molecule has 1 aliphatic rings. The Kier molecular flexibility index (Phi) is 5.75. The van der Waals surface area contributed by atoms with Crippen LogP contribution in [0.25, 0.3) is 0 Å². The number of aromatic nitrogens is 1. The molecule has 2 heterocycles. The van der Waals surface area contributed by atoms with Crippen molar-refractivity contribution in [2.45, 2.75) is 19.3 Å². The molecule has 0 radical (unpaired) electrons. The molecular weight excluding hydrogens is 362 g/mol. The highest BCUT2D eigenvalue weighted by atomic mass is 16.5. The number of methoxy groups -OCH3 is 1. The van der Waals surface area contributed by atoms with E-state index in [2.05, 4.69) is 28.5 Å². The molecule has 0 spiro atoms. The molecule has 0 aliphatic carbocycles. The Balaban J connectivity index is 1.41. The number of benzene rings is 2. The smallest absolute Gasteiger partial charge is 0.276 e. The number of amides is 1. The van der Waals surface area contributed by atoms with E-state index >= 15 is 0 Å². The lowest BCUT2D eigenvalue weighted by atomic mass is 10.0. The minimum absolute atomic E-state index is 0.0454. The number of carbonyl (C=O) groups is 1. The van der Waals surface area contributed by atoms with E-state index in [1.807, 2.05) is 47.4 Å². The van der Waals surface area contributed by atoms with Crippen LogP contribution in [-0.2, 0) is 12.8 Å². The van der Waals surface area contributed by atoms with Crippen molar-refractivity contribution in [1.29, 1.82) is 0 Å². The Labute approximate surface area is 171 Å². The topological polar surface area (TPSA) is 54.5 Å². The Morgan fingerprint density at radius 3 is 2.79 bits per heavy atom. The van der Waals surface area contributed by atoms with E-state index in [0.29, 0.717) is 5.69 Å². The lowest BCUT2D eigenvalue weighted by molar-refractivity contribution is 0.0980. The number of nitrogens with one attached hydrogen (secondary N) is 1. The lowest BCUT2D eigenvalue weighted by Crippen LogP contribution is -2.35. The highest BCUT2D eigenvalue weighted by molar-refractivity contribution is 6.05. The minimum atomic E-state index is -0.0454. The second kappa shape index (κ2) is 8.78. The molecule has 3 aromatic rings. The zero-order chi connectivity index (χ0) is 20.1. The van der Waals surface area contributed by atoms with E-state index in [-0.39, 0.29) is 5.91 Å². The zero-order valence-electron chi connectivity index (χ0n) is 16.6. The van der Waals surface area contributed by atoms with Gasteiger partial charge < -0.3 is 15.0 Å². The number of hydrogen-bond donors (Lipinski definition) is 1. The third kappa shape index (κ3) is 4.40. The first kappa shape index (κ1) is 19.0. The van der Waals surface area contributed by atoms with Gasteiger partial charge in [0.2, 0.25) is 0 Å². The van der Waals surface area contributed by atoms with E-state index < -0.39 is 0 Å². The van der Waals surface area contributed by atoms with Gasteiger partial charge in [0.05, 0.1) is 7.11 Å². The van der Waals surface area contributed by atoms with Gasteiger partial charge in [0.25, 0.3) is 5.91 Å². The summed E-state index contributed by atoms with van der Waals surface area (Å²) in [4.78, 5) is 19.3. The molecule has 0 bridgehead atoms. The van der Waals surface area contributed by atoms with Crippen LogP contribution in [-0.4, -0.2) is 31.1 Å². The number of pyridine rings is 1. The Bertz CT molecular complexity index is 985. The van der Waals surface area contributed by atoms with Gasteiger partial charge in [0.1, 0.15) is 11.4 Å². The van der Waals surface area contributed by atoms with Crippen LogP contribution >= 0.6 is 0 Å². The average molecular weight is 387 g/mol. The number of para-hydroxylation sites is 1. The maximum Gasteiger partial charge on any atom is 0.276 e. The molecule has 0 atom stereocenters. The average Bonchev–Trinajstić information content (AvgIpc) is 2.79. The Morgan fingerprint density at radius 1 is 1.14 bits per heavy atom. The van der Waals surface area contributed by atoms with E-state index in [1.54, 1.807) is 13.3 Å². The number of hydrogen-bond acceptors (Lipinski definition) is 4. The summed E-state index contributed by atoms with van der Waals surface area (Å²) < 4.78 is 5.19. The van der Waals surface area contributed by atoms with Crippen molar-refractivity contribution in [2.24, 2.45) is 0 Å². The predicted octanol–water partition coefficient (Wildman–Crippen LogP) is 4.34. The predicted molar refractivity (Wildman–Crippen MR) is 116 cm³/mol. The first-order valence-corrected chi connectivity index (χ1v) is 9.97. The molecule has 2 aromatic carbocycles. The minimum Gasteiger partial charge on any atom is -0.497 e. The number of aryl methyl sites for hydroxylation is 1. The van der Waals surface area contributed by atoms with Crippen LogP contribution in [0.1, 0.15) is 28.0 Å². The second-order valence-electron chi connectivity index (χ2n) is 7.14. The summed E-state index contributed by atoms with van der Waals surface area (Å²) in [5, 5.41) is 3.40. The van der Waals surface area contributed by atoms with Crippen molar-refractivity contribution in [3.05, 3.63) is 83.7 Å². The number of rotatable bonds is 6. The SMILES string of the molecule is COc1ccc(CCNc2ccnc(C(=O)N3CCCc4ccccc43)c2)cc1. The van der Waals surface area contributed by atoms with Gasteiger partial charge in [-0.2, -0.15) is 0 Å². The molecule has 0 fully saturated rings. The van der Waals surface area contributed by atoms with Crippen molar-refractivity contribution >= 4 is 17.3 Å². The van der Waals surface area contributed by atoms with Crippen molar-refractivity contribution < 1.29 is 9.53 Å².